The van der Waals surface area contributed by atoms with Crippen molar-refractivity contribution in [3.8, 4) is 5.69 Å². The molecule has 148 valence electrons. The van der Waals surface area contributed by atoms with Crippen LogP contribution >= 0.6 is 0 Å². The number of aryl methyl sites for hydroxylation is 1. The van der Waals surface area contributed by atoms with Crippen LogP contribution in [0.5, 0.6) is 0 Å². The third-order valence-electron chi connectivity index (χ3n) is 5.47. The molecule has 1 aromatic carbocycles. The Morgan fingerprint density at radius 1 is 1.21 bits per heavy atom. The van der Waals surface area contributed by atoms with Crippen molar-refractivity contribution in [1.29, 1.82) is 0 Å². The largest absolute Gasteiger partial charge is 0.346 e. The van der Waals surface area contributed by atoms with Gasteiger partial charge in [-0.3, -0.25) is 9.78 Å². The number of benzene rings is 1. The number of hydrogen-bond donors (Lipinski definition) is 1. The number of nitrogens with zero attached hydrogens (tertiary/aromatic N) is 3. The van der Waals surface area contributed by atoms with E-state index in [0.29, 0.717) is 0 Å². The van der Waals surface area contributed by atoms with Crippen LogP contribution in [-0.2, 0) is 11.2 Å². The van der Waals surface area contributed by atoms with E-state index in [-0.39, 0.29) is 17.4 Å². The number of carbonyl (C=O) groups is 1. The summed E-state index contributed by atoms with van der Waals surface area (Å²) in [6, 6.07) is 12.0. The van der Waals surface area contributed by atoms with Gasteiger partial charge in [0, 0.05) is 24.0 Å². The molecule has 0 bridgehead atoms. The minimum atomic E-state index is -0.0981. The van der Waals surface area contributed by atoms with Crippen molar-refractivity contribution < 1.29 is 4.79 Å². The van der Waals surface area contributed by atoms with Crippen LogP contribution in [0.3, 0.4) is 0 Å². The highest BCUT2D eigenvalue weighted by Crippen LogP contribution is 2.41. The summed E-state index contributed by atoms with van der Waals surface area (Å²) in [5.41, 5.74) is 5.58. The van der Waals surface area contributed by atoms with Crippen LogP contribution in [0.2, 0.25) is 0 Å². The minimum absolute atomic E-state index is 0.0545. The molecule has 0 saturated heterocycles. The second kappa shape index (κ2) is 7.66. The molecule has 5 heteroatoms. The number of hydrogen-bond acceptors (Lipinski definition) is 3. The lowest BCUT2D eigenvalue weighted by atomic mass is 9.74. The van der Waals surface area contributed by atoms with Gasteiger partial charge in [0.1, 0.15) is 0 Å². The molecule has 1 atom stereocenters. The van der Waals surface area contributed by atoms with E-state index in [2.05, 4.69) is 48.3 Å². The highest BCUT2D eigenvalue weighted by atomic mass is 16.1. The van der Waals surface area contributed by atoms with Crippen molar-refractivity contribution >= 4 is 12.0 Å². The first-order chi connectivity index (χ1) is 13.9. The summed E-state index contributed by atoms with van der Waals surface area (Å²) in [5, 5.41) is 7.87. The molecular weight excluding hydrogens is 360 g/mol. The van der Waals surface area contributed by atoms with Crippen LogP contribution in [0.25, 0.3) is 11.8 Å². The number of carbonyl (C=O) groups excluding carboxylic acids is 1. The molecule has 1 aliphatic rings. The standard InChI is InChI=1S/C24H26N4O/c1-17-6-4-5-7-21(17)28-22-15-24(2,3)14-20(19(22)16-26-28)27-23(29)9-8-18-10-12-25-13-11-18/h4-13,16,20H,14-15H2,1-3H3,(H,27,29)/b9-8+/t20-/m1/s1. The number of rotatable bonds is 4. The van der Waals surface area contributed by atoms with Gasteiger partial charge in [0.15, 0.2) is 0 Å². The number of pyridine rings is 1. The van der Waals surface area contributed by atoms with Crippen LogP contribution in [0.15, 0.2) is 61.1 Å². The molecule has 5 nitrogen and oxygen atoms in total. The number of fused-ring (bicyclic) bond motifs is 1. The summed E-state index contributed by atoms with van der Waals surface area (Å²) < 4.78 is 2.04. The predicted molar refractivity (Wildman–Crippen MR) is 115 cm³/mol. The van der Waals surface area contributed by atoms with Gasteiger partial charge >= 0.3 is 0 Å². The Bertz CT molecular complexity index is 1050. The zero-order valence-electron chi connectivity index (χ0n) is 17.1. The normalized spacial score (nSPS) is 17.8. The summed E-state index contributed by atoms with van der Waals surface area (Å²) in [7, 11) is 0. The van der Waals surface area contributed by atoms with Crippen molar-refractivity contribution in [3.63, 3.8) is 0 Å². The second-order valence-electron chi connectivity index (χ2n) is 8.47. The molecule has 3 aromatic rings. The maximum Gasteiger partial charge on any atom is 0.244 e. The monoisotopic (exact) mass is 386 g/mol. The fourth-order valence-electron chi connectivity index (χ4n) is 4.05. The SMILES string of the molecule is Cc1ccccc1-n1ncc2c1CC(C)(C)C[C@H]2NC(=O)/C=C/c1ccncc1. The molecule has 0 radical (unpaired) electrons. The van der Waals surface area contributed by atoms with Crippen LogP contribution in [-0.4, -0.2) is 20.7 Å². The maximum absolute atomic E-state index is 12.6. The lowest BCUT2D eigenvalue weighted by Crippen LogP contribution is -2.36. The Morgan fingerprint density at radius 2 is 1.97 bits per heavy atom. The third-order valence-corrected chi connectivity index (χ3v) is 5.47. The summed E-state index contributed by atoms with van der Waals surface area (Å²) >= 11 is 0. The first kappa shape index (κ1) is 19.1. The Balaban J connectivity index is 1.61. The quantitative estimate of drug-likeness (QED) is 0.675. The van der Waals surface area contributed by atoms with E-state index in [1.54, 1.807) is 18.5 Å². The molecule has 1 N–H and O–H groups in total. The average Bonchev–Trinajstić information content (AvgIpc) is 3.10. The first-order valence-corrected chi connectivity index (χ1v) is 9.94. The molecule has 4 rings (SSSR count). The van der Waals surface area contributed by atoms with Crippen molar-refractivity contribution in [2.24, 2.45) is 5.41 Å². The number of amides is 1. The maximum atomic E-state index is 12.6. The summed E-state index contributed by atoms with van der Waals surface area (Å²) in [6.07, 6.45) is 10.5. The van der Waals surface area contributed by atoms with E-state index in [1.807, 2.05) is 41.2 Å². The molecule has 29 heavy (non-hydrogen) atoms. The van der Waals surface area contributed by atoms with Gasteiger partial charge in [0.2, 0.25) is 5.91 Å². The smallest absolute Gasteiger partial charge is 0.244 e. The van der Waals surface area contributed by atoms with Gasteiger partial charge in [0.05, 0.1) is 23.6 Å². The average molecular weight is 386 g/mol. The lowest BCUT2D eigenvalue weighted by molar-refractivity contribution is -0.117. The van der Waals surface area contributed by atoms with Crippen molar-refractivity contribution in [2.75, 3.05) is 0 Å². The molecule has 0 fully saturated rings. The minimum Gasteiger partial charge on any atom is -0.346 e. The van der Waals surface area contributed by atoms with E-state index in [4.69, 9.17) is 0 Å². The Morgan fingerprint density at radius 3 is 2.72 bits per heavy atom. The van der Waals surface area contributed by atoms with Crippen molar-refractivity contribution in [3.05, 3.63) is 83.4 Å². The Kier molecular flexibility index (Phi) is 5.05. The molecular formula is C24H26N4O. The van der Waals surface area contributed by atoms with Crippen LogP contribution in [0.1, 0.15) is 48.7 Å². The molecule has 0 saturated carbocycles. The number of para-hydroxylation sites is 1. The second-order valence-corrected chi connectivity index (χ2v) is 8.47. The van der Waals surface area contributed by atoms with E-state index in [1.165, 1.54) is 11.3 Å². The van der Waals surface area contributed by atoms with E-state index < -0.39 is 0 Å². The molecule has 1 aliphatic carbocycles. The fraction of sp³-hybridized carbons (Fsp3) is 0.292. The van der Waals surface area contributed by atoms with Crippen LogP contribution in [0.4, 0.5) is 0 Å². The van der Waals surface area contributed by atoms with E-state index in [9.17, 15) is 4.79 Å². The molecule has 0 aliphatic heterocycles. The topological polar surface area (TPSA) is 59.8 Å². The van der Waals surface area contributed by atoms with Gasteiger partial charge in [-0.15, -0.1) is 0 Å². The zero-order chi connectivity index (χ0) is 20.4. The molecule has 2 aromatic heterocycles. The van der Waals surface area contributed by atoms with Gasteiger partial charge < -0.3 is 5.32 Å². The van der Waals surface area contributed by atoms with E-state index in [0.717, 1.165) is 29.7 Å². The Labute approximate surface area is 171 Å². The van der Waals surface area contributed by atoms with Gasteiger partial charge in [-0.1, -0.05) is 32.0 Å². The summed E-state index contributed by atoms with van der Waals surface area (Å²) in [4.78, 5) is 16.6. The van der Waals surface area contributed by atoms with Crippen LogP contribution < -0.4 is 5.32 Å². The van der Waals surface area contributed by atoms with Gasteiger partial charge in [-0.05, 0) is 60.6 Å². The number of nitrogens with one attached hydrogen (secondary N) is 1. The zero-order valence-corrected chi connectivity index (χ0v) is 17.1. The number of aromatic nitrogens is 3. The molecule has 2 heterocycles. The third kappa shape index (κ3) is 4.14. The first-order valence-electron chi connectivity index (χ1n) is 9.94. The summed E-state index contributed by atoms with van der Waals surface area (Å²) in [6.45, 7) is 6.59. The summed E-state index contributed by atoms with van der Waals surface area (Å²) in [5.74, 6) is -0.0981. The van der Waals surface area contributed by atoms with Gasteiger partial charge in [-0.25, -0.2) is 4.68 Å². The highest BCUT2D eigenvalue weighted by molar-refractivity contribution is 5.92. The van der Waals surface area contributed by atoms with Gasteiger partial charge in [-0.2, -0.15) is 5.10 Å². The van der Waals surface area contributed by atoms with E-state index >= 15 is 0 Å². The molecule has 1 amide bonds. The lowest BCUT2D eigenvalue weighted by Gasteiger charge is -2.35. The van der Waals surface area contributed by atoms with Gasteiger partial charge in [0.25, 0.3) is 0 Å². The fourth-order valence-corrected chi connectivity index (χ4v) is 4.05. The Hall–Kier alpha value is -3.21. The highest BCUT2D eigenvalue weighted by Gasteiger charge is 2.35. The van der Waals surface area contributed by atoms with Crippen molar-refractivity contribution in [2.45, 2.75) is 39.7 Å². The molecule has 0 spiro atoms. The molecule has 0 unspecified atom stereocenters. The van der Waals surface area contributed by atoms with Crippen molar-refractivity contribution in [1.82, 2.24) is 20.1 Å². The predicted octanol–water partition coefficient (Wildman–Crippen LogP) is 4.42. The van der Waals surface area contributed by atoms with Crippen LogP contribution in [0, 0.1) is 12.3 Å².